The number of ether oxygens (including phenoxy) is 2. The second kappa shape index (κ2) is 7.63. The van der Waals surface area contributed by atoms with E-state index in [-0.39, 0.29) is 13.2 Å². The second-order valence-electron chi connectivity index (χ2n) is 5.19. The fourth-order valence-corrected chi connectivity index (χ4v) is 2.27. The molecule has 1 fully saturated rings. The summed E-state index contributed by atoms with van der Waals surface area (Å²) in [7, 11) is 1.59. The first-order valence-electron chi connectivity index (χ1n) is 7.10. The lowest BCUT2D eigenvalue weighted by Gasteiger charge is -2.36. The van der Waals surface area contributed by atoms with Crippen LogP contribution in [0.2, 0.25) is 0 Å². The summed E-state index contributed by atoms with van der Waals surface area (Å²) in [5.74, 6) is 0.545. The highest BCUT2D eigenvalue weighted by Crippen LogP contribution is 2.28. The zero-order valence-electron chi connectivity index (χ0n) is 12.3. The normalized spacial score (nSPS) is 18.0. The van der Waals surface area contributed by atoms with Gasteiger partial charge in [0.2, 0.25) is 5.95 Å². The topological polar surface area (TPSA) is 67.7 Å². The Kier molecular flexibility index (Phi) is 5.84. The van der Waals surface area contributed by atoms with E-state index in [2.05, 4.69) is 9.97 Å². The number of anilines is 1. The molecule has 118 valence electrons. The molecule has 6 nitrogen and oxygen atoms in total. The van der Waals surface area contributed by atoms with E-state index < -0.39 is 5.67 Å². The largest absolute Gasteiger partial charge is 0.390 e. The van der Waals surface area contributed by atoms with Crippen molar-refractivity contribution in [3.05, 3.63) is 18.0 Å². The minimum absolute atomic E-state index is 0.0989. The van der Waals surface area contributed by atoms with E-state index in [4.69, 9.17) is 14.6 Å². The van der Waals surface area contributed by atoms with Crippen LogP contribution in [-0.2, 0) is 16.1 Å². The summed E-state index contributed by atoms with van der Waals surface area (Å²) in [5.41, 5.74) is -0.723. The minimum Gasteiger partial charge on any atom is -0.390 e. The Morgan fingerprint density at radius 2 is 2.14 bits per heavy atom. The number of alkyl halides is 1. The molecular weight excluding hydrogens is 277 g/mol. The first-order chi connectivity index (χ1) is 10.2. The summed E-state index contributed by atoms with van der Waals surface area (Å²) in [5, 5.41) is 9.09. The predicted molar refractivity (Wildman–Crippen MR) is 75.9 cm³/mol. The van der Waals surface area contributed by atoms with Gasteiger partial charge in [-0.1, -0.05) is 0 Å². The standard InChI is InChI=1S/C14H22FN3O3/c1-20-8-9-21-11-14(15)3-6-18(7-4-14)13-16-5-2-12(10-19)17-13/h2,5,19H,3-4,6-11H2,1H3. The van der Waals surface area contributed by atoms with Gasteiger partial charge in [-0.2, -0.15) is 0 Å². The zero-order chi connectivity index (χ0) is 15.1. The molecule has 0 radical (unpaired) electrons. The molecule has 1 aliphatic heterocycles. The Labute approximate surface area is 123 Å². The summed E-state index contributed by atoms with van der Waals surface area (Å²) in [6.07, 6.45) is 2.37. The summed E-state index contributed by atoms with van der Waals surface area (Å²) in [6.45, 7) is 1.95. The van der Waals surface area contributed by atoms with Gasteiger partial charge in [0.25, 0.3) is 0 Å². The van der Waals surface area contributed by atoms with Crippen LogP contribution < -0.4 is 4.90 Å². The Bertz CT molecular complexity index is 439. The van der Waals surface area contributed by atoms with Crippen LogP contribution in [0.3, 0.4) is 0 Å². The number of halogens is 1. The first-order valence-corrected chi connectivity index (χ1v) is 7.10. The molecule has 0 unspecified atom stereocenters. The molecule has 0 amide bonds. The second-order valence-corrected chi connectivity index (χ2v) is 5.19. The van der Waals surface area contributed by atoms with Crippen molar-refractivity contribution in [3.63, 3.8) is 0 Å². The van der Waals surface area contributed by atoms with Gasteiger partial charge in [-0.15, -0.1) is 0 Å². The van der Waals surface area contributed by atoms with Crippen molar-refractivity contribution < 1.29 is 19.0 Å². The maximum absolute atomic E-state index is 14.6. The average Bonchev–Trinajstić information content (AvgIpc) is 2.52. The third-order valence-electron chi connectivity index (χ3n) is 3.60. The lowest BCUT2D eigenvalue weighted by atomic mass is 9.94. The molecule has 0 atom stereocenters. The molecule has 0 saturated carbocycles. The summed E-state index contributed by atoms with van der Waals surface area (Å²) in [4.78, 5) is 10.4. The van der Waals surface area contributed by atoms with Gasteiger partial charge in [0.1, 0.15) is 5.67 Å². The highest BCUT2D eigenvalue weighted by atomic mass is 19.1. The van der Waals surface area contributed by atoms with Crippen molar-refractivity contribution in [1.82, 2.24) is 9.97 Å². The molecule has 0 bridgehead atoms. The number of aliphatic hydroxyl groups excluding tert-OH is 1. The number of aliphatic hydroxyl groups is 1. The van der Waals surface area contributed by atoms with E-state index >= 15 is 0 Å². The van der Waals surface area contributed by atoms with Gasteiger partial charge in [-0.3, -0.25) is 0 Å². The van der Waals surface area contributed by atoms with E-state index in [9.17, 15) is 4.39 Å². The van der Waals surface area contributed by atoms with Crippen molar-refractivity contribution in [2.24, 2.45) is 0 Å². The molecule has 2 heterocycles. The molecule has 2 rings (SSSR count). The molecule has 1 N–H and O–H groups in total. The van der Waals surface area contributed by atoms with Gasteiger partial charge >= 0.3 is 0 Å². The lowest BCUT2D eigenvalue weighted by molar-refractivity contribution is -0.0162. The number of piperidine rings is 1. The number of hydrogen-bond acceptors (Lipinski definition) is 6. The van der Waals surface area contributed by atoms with E-state index in [1.165, 1.54) is 0 Å². The van der Waals surface area contributed by atoms with Gasteiger partial charge in [0, 0.05) is 39.2 Å². The van der Waals surface area contributed by atoms with E-state index in [0.29, 0.717) is 50.8 Å². The van der Waals surface area contributed by atoms with Crippen LogP contribution in [0.5, 0.6) is 0 Å². The Morgan fingerprint density at radius 1 is 1.38 bits per heavy atom. The number of aromatic nitrogens is 2. The fraction of sp³-hybridized carbons (Fsp3) is 0.714. The maximum atomic E-state index is 14.6. The molecule has 1 saturated heterocycles. The van der Waals surface area contributed by atoms with Gasteiger partial charge in [-0.05, 0) is 6.07 Å². The predicted octanol–water partition coefficient (Wildman–Crippen LogP) is 0.940. The molecule has 1 aromatic heterocycles. The molecule has 0 spiro atoms. The summed E-state index contributed by atoms with van der Waals surface area (Å²) >= 11 is 0. The van der Waals surface area contributed by atoms with Crippen LogP contribution in [0.25, 0.3) is 0 Å². The molecular formula is C14H22FN3O3. The van der Waals surface area contributed by atoms with Crippen molar-refractivity contribution in [1.29, 1.82) is 0 Å². The lowest BCUT2D eigenvalue weighted by Crippen LogP contribution is -2.45. The van der Waals surface area contributed by atoms with Gasteiger partial charge in [-0.25, -0.2) is 14.4 Å². The van der Waals surface area contributed by atoms with E-state index in [1.54, 1.807) is 19.4 Å². The number of methoxy groups -OCH3 is 1. The molecule has 0 aliphatic carbocycles. The molecule has 0 aromatic carbocycles. The van der Waals surface area contributed by atoms with E-state index in [1.807, 2.05) is 4.90 Å². The van der Waals surface area contributed by atoms with Crippen LogP contribution in [0.1, 0.15) is 18.5 Å². The van der Waals surface area contributed by atoms with Crippen LogP contribution in [-0.4, -0.2) is 60.8 Å². The number of rotatable bonds is 7. The molecule has 1 aromatic rings. The monoisotopic (exact) mass is 299 g/mol. The molecule has 21 heavy (non-hydrogen) atoms. The van der Waals surface area contributed by atoms with Crippen molar-refractivity contribution >= 4 is 5.95 Å². The Hall–Kier alpha value is -1.31. The average molecular weight is 299 g/mol. The smallest absolute Gasteiger partial charge is 0.225 e. The third-order valence-corrected chi connectivity index (χ3v) is 3.60. The van der Waals surface area contributed by atoms with Crippen molar-refractivity contribution in [2.75, 3.05) is 44.9 Å². The fourth-order valence-electron chi connectivity index (χ4n) is 2.27. The first kappa shape index (κ1) is 16.1. The van der Waals surface area contributed by atoms with Crippen molar-refractivity contribution in [2.45, 2.75) is 25.1 Å². The number of hydrogen-bond donors (Lipinski definition) is 1. The molecule has 7 heteroatoms. The summed E-state index contributed by atoms with van der Waals surface area (Å²) in [6, 6.07) is 1.66. The number of nitrogens with zero attached hydrogens (tertiary/aromatic N) is 3. The summed E-state index contributed by atoms with van der Waals surface area (Å²) < 4.78 is 24.7. The van der Waals surface area contributed by atoms with Gasteiger partial charge < -0.3 is 19.5 Å². The SMILES string of the molecule is COCCOCC1(F)CCN(c2nccc(CO)n2)CC1. The van der Waals surface area contributed by atoms with Gasteiger partial charge in [0.15, 0.2) is 0 Å². The third kappa shape index (κ3) is 4.59. The highest BCUT2D eigenvalue weighted by molar-refractivity contribution is 5.31. The van der Waals surface area contributed by atoms with Crippen LogP contribution in [0, 0.1) is 0 Å². The van der Waals surface area contributed by atoms with Gasteiger partial charge in [0.05, 0.1) is 32.1 Å². The minimum atomic E-state index is -1.29. The van der Waals surface area contributed by atoms with E-state index in [0.717, 1.165) is 0 Å². The van der Waals surface area contributed by atoms with Crippen molar-refractivity contribution in [3.8, 4) is 0 Å². The Morgan fingerprint density at radius 3 is 2.81 bits per heavy atom. The molecule has 1 aliphatic rings. The quantitative estimate of drug-likeness (QED) is 0.756. The zero-order valence-corrected chi connectivity index (χ0v) is 12.3. The highest BCUT2D eigenvalue weighted by Gasteiger charge is 2.35. The van der Waals surface area contributed by atoms with Crippen LogP contribution >= 0.6 is 0 Å². The van der Waals surface area contributed by atoms with Crippen LogP contribution in [0.15, 0.2) is 12.3 Å². The van der Waals surface area contributed by atoms with Crippen LogP contribution in [0.4, 0.5) is 10.3 Å². The maximum Gasteiger partial charge on any atom is 0.225 e. The Balaban J connectivity index is 1.84.